The van der Waals surface area contributed by atoms with Crippen LogP contribution in [0.25, 0.3) is 0 Å². The maximum atomic E-state index is 13.5. The molecule has 2 rings (SSSR count). The van der Waals surface area contributed by atoms with E-state index in [1.807, 2.05) is 6.07 Å². The number of hydrogen-bond donors (Lipinski definition) is 1. The van der Waals surface area contributed by atoms with E-state index in [4.69, 9.17) is 16.9 Å². The minimum Gasteiger partial charge on any atom is -0.279 e. The van der Waals surface area contributed by atoms with Crippen molar-refractivity contribution in [3.63, 3.8) is 0 Å². The molecule has 20 heavy (non-hydrogen) atoms. The largest absolute Gasteiger partial charge is 0.279 e. The van der Waals surface area contributed by atoms with Gasteiger partial charge in [0.2, 0.25) is 0 Å². The van der Waals surface area contributed by atoms with E-state index in [1.165, 1.54) is 30.3 Å². The standard InChI is InChI=1S/C13H8ClFN2O2S/c14-11-7-10(6-5-9(11)8-16)17-20(18,19)13-4-2-1-3-12(13)15/h1-7,17H. The van der Waals surface area contributed by atoms with Crippen molar-refractivity contribution >= 4 is 27.3 Å². The van der Waals surface area contributed by atoms with Gasteiger partial charge in [0.05, 0.1) is 16.3 Å². The molecule has 0 aromatic heterocycles. The Bertz CT molecular complexity index is 800. The van der Waals surface area contributed by atoms with Crippen LogP contribution in [0.3, 0.4) is 0 Å². The molecule has 0 bridgehead atoms. The third-order valence-electron chi connectivity index (χ3n) is 2.47. The fourth-order valence-corrected chi connectivity index (χ4v) is 2.89. The summed E-state index contributed by atoms with van der Waals surface area (Å²) in [5.74, 6) is -0.847. The minimum atomic E-state index is -4.05. The predicted octanol–water partition coefficient (Wildman–Crippen LogP) is 3.15. The summed E-state index contributed by atoms with van der Waals surface area (Å²) in [7, 11) is -4.05. The maximum absolute atomic E-state index is 13.5. The zero-order chi connectivity index (χ0) is 14.8. The average Bonchev–Trinajstić information content (AvgIpc) is 2.38. The monoisotopic (exact) mass is 310 g/mol. The van der Waals surface area contributed by atoms with E-state index in [0.29, 0.717) is 0 Å². The van der Waals surface area contributed by atoms with Crippen molar-refractivity contribution in [3.8, 4) is 6.07 Å². The molecule has 0 saturated heterocycles. The molecule has 0 aliphatic rings. The molecular weight excluding hydrogens is 303 g/mol. The molecule has 1 N–H and O–H groups in total. The number of hydrogen-bond acceptors (Lipinski definition) is 3. The van der Waals surface area contributed by atoms with Gasteiger partial charge in [-0.1, -0.05) is 23.7 Å². The van der Waals surface area contributed by atoms with Crippen LogP contribution in [0.5, 0.6) is 0 Å². The minimum absolute atomic E-state index is 0.112. The maximum Gasteiger partial charge on any atom is 0.264 e. The van der Waals surface area contributed by atoms with Gasteiger partial charge >= 0.3 is 0 Å². The van der Waals surface area contributed by atoms with Crippen LogP contribution >= 0.6 is 11.6 Å². The first-order chi connectivity index (χ1) is 9.44. The quantitative estimate of drug-likeness (QED) is 0.946. The van der Waals surface area contributed by atoms with E-state index in [0.717, 1.165) is 12.1 Å². The van der Waals surface area contributed by atoms with E-state index < -0.39 is 20.7 Å². The summed E-state index contributed by atoms with van der Waals surface area (Å²) < 4.78 is 39.8. The van der Waals surface area contributed by atoms with Crippen LogP contribution in [0.4, 0.5) is 10.1 Å². The third kappa shape index (κ3) is 2.90. The Morgan fingerprint density at radius 1 is 1.20 bits per heavy atom. The molecule has 0 aliphatic heterocycles. The number of sulfonamides is 1. The Morgan fingerprint density at radius 2 is 1.90 bits per heavy atom. The Hall–Kier alpha value is -2.10. The van der Waals surface area contributed by atoms with Gasteiger partial charge in [0, 0.05) is 0 Å². The molecule has 0 spiro atoms. The van der Waals surface area contributed by atoms with Crippen LogP contribution in [0.15, 0.2) is 47.4 Å². The Morgan fingerprint density at radius 3 is 2.50 bits per heavy atom. The average molecular weight is 311 g/mol. The van der Waals surface area contributed by atoms with Crippen molar-refractivity contribution in [2.75, 3.05) is 4.72 Å². The number of rotatable bonds is 3. The van der Waals surface area contributed by atoms with Crippen LogP contribution in [0.2, 0.25) is 5.02 Å². The van der Waals surface area contributed by atoms with Crippen LogP contribution in [0, 0.1) is 17.1 Å². The van der Waals surface area contributed by atoms with Gasteiger partial charge in [0.1, 0.15) is 16.8 Å². The highest BCUT2D eigenvalue weighted by Crippen LogP contribution is 2.23. The highest BCUT2D eigenvalue weighted by atomic mass is 35.5. The Balaban J connectivity index is 2.37. The van der Waals surface area contributed by atoms with E-state index in [-0.39, 0.29) is 16.3 Å². The molecule has 0 saturated carbocycles. The summed E-state index contributed by atoms with van der Waals surface area (Å²) in [5.41, 5.74) is 0.373. The summed E-state index contributed by atoms with van der Waals surface area (Å²) in [6.07, 6.45) is 0. The fraction of sp³-hybridized carbons (Fsp3) is 0. The first-order valence-corrected chi connectivity index (χ1v) is 7.27. The predicted molar refractivity (Wildman–Crippen MR) is 73.4 cm³/mol. The smallest absolute Gasteiger partial charge is 0.264 e. The van der Waals surface area contributed by atoms with E-state index >= 15 is 0 Å². The summed E-state index contributed by atoms with van der Waals surface area (Å²) in [6, 6.07) is 10.9. The lowest BCUT2D eigenvalue weighted by atomic mass is 10.2. The van der Waals surface area contributed by atoms with Crippen LogP contribution in [-0.4, -0.2) is 8.42 Å². The Kier molecular flexibility index (Phi) is 3.93. The van der Waals surface area contributed by atoms with Gasteiger partial charge in [-0.05, 0) is 30.3 Å². The van der Waals surface area contributed by atoms with E-state index in [9.17, 15) is 12.8 Å². The summed E-state index contributed by atoms with van der Waals surface area (Å²) in [4.78, 5) is -0.458. The highest BCUT2D eigenvalue weighted by Gasteiger charge is 2.18. The first-order valence-electron chi connectivity index (χ1n) is 5.41. The molecule has 0 fully saturated rings. The molecule has 0 unspecified atom stereocenters. The van der Waals surface area contributed by atoms with Gasteiger partial charge in [-0.15, -0.1) is 0 Å². The summed E-state index contributed by atoms with van der Waals surface area (Å²) >= 11 is 5.80. The number of nitrogens with one attached hydrogen (secondary N) is 1. The second-order valence-electron chi connectivity index (χ2n) is 3.84. The molecule has 7 heteroatoms. The molecule has 0 atom stereocenters. The molecule has 0 radical (unpaired) electrons. The van der Waals surface area contributed by atoms with Crippen LogP contribution < -0.4 is 4.72 Å². The van der Waals surface area contributed by atoms with Gasteiger partial charge in [0.15, 0.2) is 0 Å². The molecule has 0 heterocycles. The van der Waals surface area contributed by atoms with Crippen molar-refractivity contribution in [1.82, 2.24) is 0 Å². The van der Waals surface area contributed by atoms with Gasteiger partial charge < -0.3 is 0 Å². The van der Waals surface area contributed by atoms with Gasteiger partial charge in [-0.25, -0.2) is 12.8 Å². The molecule has 0 aliphatic carbocycles. The van der Waals surface area contributed by atoms with Crippen molar-refractivity contribution in [2.45, 2.75) is 4.90 Å². The summed E-state index contributed by atoms with van der Waals surface area (Å²) in [5, 5.41) is 8.85. The fourth-order valence-electron chi connectivity index (χ4n) is 1.54. The lowest BCUT2D eigenvalue weighted by Crippen LogP contribution is -2.14. The van der Waals surface area contributed by atoms with Crippen molar-refractivity contribution < 1.29 is 12.8 Å². The lowest BCUT2D eigenvalue weighted by Gasteiger charge is -2.09. The first kappa shape index (κ1) is 14.3. The third-order valence-corrected chi connectivity index (χ3v) is 4.20. The van der Waals surface area contributed by atoms with Crippen molar-refractivity contribution in [3.05, 3.63) is 58.9 Å². The SMILES string of the molecule is N#Cc1ccc(NS(=O)(=O)c2ccccc2F)cc1Cl. The number of nitriles is 1. The van der Waals surface area contributed by atoms with Crippen molar-refractivity contribution in [1.29, 1.82) is 5.26 Å². The second-order valence-corrected chi connectivity index (χ2v) is 5.90. The van der Waals surface area contributed by atoms with Crippen LogP contribution in [0.1, 0.15) is 5.56 Å². The highest BCUT2D eigenvalue weighted by molar-refractivity contribution is 7.92. The van der Waals surface area contributed by atoms with Crippen LogP contribution in [-0.2, 0) is 10.0 Å². The van der Waals surface area contributed by atoms with Gasteiger partial charge in [-0.2, -0.15) is 5.26 Å². The number of nitrogens with zero attached hydrogens (tertiary/aromatic N) is 1. The zero-order valence-electron chi connectivity index (χ0n) is 9.97. The van der Waals surface area contributed by atoms with Gasteiger partial charge in [0.25, 0.3) is 10.0 Å². The van der Waals surface area contributed by atoms with Gasteiger partial charge in [-0.3, -0.25) is 4.72 Å². The van der Waals surface area contributed by atoms with E-state index in [2.05, 4.69) is 4.72 Å². The summed E-state index contributed by atoms with van der Waals surface area (Å²) in [6.45, 7) is 0. The zero-order valence-corrected chi connectivity index (χ0v) is 11.5. The number of anilines is 1. The molecule has 102 valence electrons. The lowest BCUT2D eigenvalue weighted by molar-refractivity contribution is 0.570. The van der Waals surface area contributed by atoms with E-state index in [1.54, 1.807) is 0 Å². The number of halogens is 2. The molecule has 2 aromatic carbocycles. The molecule has 0 amide bonds. The molecule has 2 aromatic rings. The molecular formula is C13H8ClFN2O2S. The van der Waals surface area contributed by atoms with Crippen molar-refractivity contribution in [2.24, 2.45) is 0 Å². The Labute approximate surface area is 120 Å². The number of benzene rings is 2. The molecule has 4 nitrogen and oxygen atoms in total. The normalized spacial score (nSPS) is 10.8. The second kappa shape index (κ2) is 5.49. The topological polar surface area (TPSA) is 70.0 Å².